The normalized spacial score (nSPS) is 12.2. The van der Waals surface area contributed by atoms with Crippen LogP contribution >= 0.6 is 0 Å². The third-order valence-corrected chi connectivity index (χ3v) is 4.36. The fourth-order valence-corrected chi connectivity index (χ4v) is 2.83. The minimum Gasteiger partial charge on any atom is -0.356 e. The highest BCUT2D eigenvalue weighted by molar-refractivity contribution is 5.89. The predicted molar refractivity (Wildman–Crippen MR) is 105 cm³/mol. The highest BCUT2D eigenvalue weighted by atomic mass is 16.2. The second kappa shape index (κ2) is 9.90. The number of aromatic nitrogens is 1. The average Bonchev–Trinajstić information content (AvgIpc) is 2.60. The molecule has 2 N–H and O–H groups in total. The van der Waals surface area contributed by atoms with Crippen molar-refractivity contribution in [2.45, 2.75) is 52.5 Å². The maximum Gasteiger partial charge on any atom is 0.224 e. The molecule has 0 fully saturated rings. The van der Waals surface area contributed by atoms with E-state index < -0.39 is 0 Å². The second-order valence-corrected chi connectivity index (χ2v) is 7.24. The van der Waals surface area contributed by atoms with Crippen molar-refractivity contribution in [3.05, 3.63) is 42.2 Å². The van der Waals surface area contributed by atoms with Crippen LogP contribution in [-0.2, 0) is 16.0 Å². The molecule has 26 heavy (non-hydrogen) atoms. The number of nitrogens with zero attached hydrogens (tertiary/aromatic N) is 1. The standard InChI is InChI=1S/C21H29N3O2/c1-15(2)8-9-20(25)23-11-10-16(3)24-21(26)12-18-14-22-13-17-6-4-5-7-19(17)18/h4-7,13-16H,8-12H2,1-3H3,(H,23,25)(H,24,26)/t16-/m0/s1. The summed E-state index contributed by atoms with van der Waals surface area (Å²) in [5, 5.41) is 8.01. The molecule has 0 unspecified atom stereocenters. The van der Waals surface area contributed by atoms with Crippen LogP contribution in [0.2, 0.25) is 0 Å². The van der Waals surface area contributed by atoms with Crippen LogP contribution in [0.25, 0.3) is 10.8 Å². The number of benzene rings is 1. The predicted octanol–water partition coefficient (Wildman–Crippen LogP) is 3.22. The van der Waals surface area contributed by atoms with E-state index in [-0.39, 0.29) is 17.9 Å². The van der Waals surface area contributed by atoms with Gasteiger partial charge in [-0.3, -0.25) is 14.6 Å². The molecule has 5 nitrogen and oxygen atoms in total. The number of carbonyl (C=O) groups excluding carboxylic acids is 2. The number of pyridine rings is 1. The third kappa shape index (κ3) is 6.47. The van der Waals surface area contributed by atoms with Crippen LogP contribution in [0.4, 0.5) is 0 Å². The van der Waals surface area contributed by atoms with Gasteiger partial charge in [-0.2, -0.15) is 0 Å². The maximum absolute atomic E-state index is 12.3. The number of carbonyl (C=O) groups is 2. The monoisotopic (exact) mass is 355 g/mol. The van der Waals surface area contributed by atoms with Crippen molar-refractivity contribution in [2.24, 2.45) is 5.92 Å². The first-order valence-electron chi connectivity index (χ1n) is 9.33. The van der Waals surface area contributed by atoms with Gasteiger partial charge >= 0.3 is 0 Å². The molecule has 1 heterocycles. The molecule has 1 atom stereocenters. The van der Waals surface area contributed by atoms with Crippen molar-refractivity contribution in [3.8, 4) is 0 Å². The molecule has 2 amide bonds. The largest absolute Gasteiger partial charge is 0.356 e. The van der Waals surface area contributed by atoms with Gasteiger partial charge in [0.1, 0.15) is 0 Å². The van der Waals surface area contributed by atoms with E-state index in [0.29, 0.717) is 31.7 Å². The molecule has 0 saturated heterocycles. The lowest BCUT2D eigenvalue weighted by Crippen LogP contribution is -2.36. The van der Waals surface area contributed by atoms with Crippen molar-refractivity contribution < 1.29 is 9.59 Å². The molecule has 0 spiro atoms. The molecule has 1 aromatic heterocycles. The first-order valence-corrected chi connectivity index (χ1v) is 9.33. The minimum atomic E-state index is -0.0261. The Morgan fingerprint density at radius 3 is 2.58 bits per heavy atom. The molecule has 0 radical (unpaired) electrons. The van der Waals surface area contributed by atoms with Crippen molar-refractivity contribution >= 4 is 22.6 Å². The Bertz CT molecular complexity index is 738. The van der Waals surface area contributed by atoms with Crippen LogP contribution in [-0.4, -0.2) is 29.4 Å². The van der Waals surface area contributed by atoms with E-state index in [1.54, 1.807) is 12.4 Å². The lowest BCUT2D eigenvalue weighted by Gasteiger charge is -2.15. The molecule has 0 saturated carbocycles. The van der Waals surface area contributed by atoms with E-state index in [9.17, 15) is 9.59 Å². The van der Waals surface area contributed by atoms with Gasteiger partial charge in [0, 0.05) is 36.8 Å². The zero-order chi connectivity index (χ0) is 18.9. The minimum absolute atomic E-state index is 0.0100. The molecule has 0 bridgehead atoms. The SMILES string of the molecule is CC(C)CCC(=O)NCC[C@H](C)NC(=O)Cc1cncc2ccccc12. The molecule has 0 aliphatic carbocycles. The first kappa shape index (κ1) is 19.9. The molecule has 5 heteroatoms. The zero-order valence-corrected chi connectivity index (χ0v) is 15.9. The molecule has 1 aromatic carbocycles. The Hall–Kier alpha value is -2.43. The molecule has 140 valence electrons. The topological polar surface area (TPSA) is 71.1 Å². The van der Waals surface area contributed by atoms with Gasteiger partial charge < -0.3 is 10.6 Å². The highest BCUT2D eigenvalue weighted by Crippen LogP contribution is 2.17. The summed E-state index contributed by atoms with van der Waals surface area (Å²) in [5.74, 6) is 0.586. The molecular formula is C21H29N3O2. The summed E-state index contributed by atoms with van der Waals surface area (Å²) in [5.41, 5.74) is 0.926. The van der Waals surface area contributed by atoms with Gasteiger partial charge in [0.15, 0.2) is 0 Å². The van der Waals surface area contributed by atoms with E-state index >= 15 is 0 Å². The quantitative estimate of drug-likeness (QED) is 0.725. The van der Waals surface area contributed by atoms with Crippen molar-refractivity contribution in [1.82, 2.24) is 15.6 Å². The lowest BCUT2D eigenvalue weighted by molar-refractivity contribution is -0.121. The third-order valence-electron chi connectivity index (χ3n) is 4.36. The number of hydrogen-bond acceptors (Lipinski definition) is 3. The highest BCUT2D eigenvalue weighted by Gasteiger charge is 2.11. The van der Waals surface area contributed by atoms with Crippen LogP contribution < -0.4 is 10.6 Å². The molecule has 0 aliphatic rings. The Morgan fingerprint density at radius 1 is 1.04 bits per heavy atom. The van der Waals surface area contributed by atoms with Gasteiger partial charge in [-0.1, -0.05) is 38.1 Å². The summed E-state index contributed by atoms with van der Waals surface area (Å²) in [6, 6.07) is 7.94. The van der Waals surface area contributed by atoms with Gasteiger partial charge in [0.25, 0.3) is 0 Å². The van der Waals surface area contributed by atoms with Crippen LogP contribution in [0.3, 0.4) is 0 Å². The summed E-state index contributed by atoms with van der Waals surface area (Å²) < 4.78 is 0. The molecule has 2 rings (SSSR count). The summed E-state index contributed by atoms with van der Waals surface area (Å²) in [6.07, 6.45) is 6.04. The Kier molecular flexibility index (Phi) is 7.57. The van der Waals surface area contributed by atoms with Gasteiger partial charge in [-0.15, -0.1) is 0 Å². The summed E-state index contributed by atoms with van der Waals surface area (Å²) in [4.78, 5) is 28.2. The number of nitrogens with one attached hydrogen (secondary N) is 2. The van der Waals surface area contributed by atoms with E-state index in [4.69, 9.17) is 0 Å². The molecular weight excluding hydrogens is 326 g/mol. The van der Waals surface area contributed by atoms with Crippen LogP contribution in [0, 0.1) is 5.92 Å². The number of amides is 2. The van der Waals surface area contributed by atoms with Crippen molar-refractivity contribution in [2.75, 3.05) is 6.54 Å². The summed E-state index contributed by atoms with van der Waals surface area (Å²) in [7, 11) is 0. The second-order valence-electron chi connectivity index (χ2n) is 7.24. The van der Waals surface area contributed by atoms with Crippen LogP contribution in [0.15, 0.2) is 36.7 Å². The van der Waals surface area contributed by atoms with E-state index in [0.717, 1.165) is 22.8 Å². The van der Waals surface area contributed by atoms with Gasteiger partial charge in [0.2, 0.25) is 11.8 Å². The van der Waals surface area contributed by atoms with E-state index in [2.05, 4.69) is 29.5 Å². The molecule has 2 aromatic rings. The van der Waals surface area contributed by atoms with Crippen molar-refractivity contribution in [1.29, 1.82) is 0 Å². The Labute approximate surface area is 155 Å². The van der Waals surface area contributed by atoms with E-state index in [1.807, 2.05) is 31.2 Å². The van der Waals surface area contributed by atoms with Crippen molar-refractivity contribution in [3.63, 3.8) is 0 Å². The smallest absolute Gasteiger partial charge is 0.224 e. The summed E-state index contributed by atoms with van der Waals surface area (Å²) in [6.45, 7) is 6.75. The Morgan fingerprint density at radius 2 is 1.81 bits per heavy atom. The number of fused-ring (bicyclic) bond motifs is 1. The van der Waals surface area contributed by atoms with E-state index in [1.165, 1.54) is 0 Å². The first-order chi connectivity index (χ1) is 12.5. The lowest BCUT2D eigenvalue weighted by atomic mass is 10.1. The number of hydrogen-bond donors (Lipinski definition) is 2. The summed E-state index contributed by atoms with van der Waals surface area (Å²) >= 11 is 0. The maximum atomic E-state index is 12.3. The van der Waals surface area contributed by atoms with Gasteiger partial charge in [-0.25, -0.2) is 0 Å². The van der Waals surface area contributed by atoms with Crippen LogP contribution in [0.1, 0.15) is 45.6 Å². The molecule has 0 aliphatic heterocycles. The van der Waals surface area contributed by atoms with Gasteiger partial charge in [-0.05, 0) is 36.6 Å². The van der Waals surface area contributed by atoms with Crippen LogP contribution in [0.5, 0.6) is 0 Å². The van der Waals surface area contributed by atoms with Gasteiger partial charge in [0.05, 0.1) is 6.42 Å². The zero-order valence-electron chi connectivity index (χ0n) is 15.9. The number of rotatable bonds is 9. The fraction of sp³-hybridized carbons (Fsp3) is 0.476. The fourth-order valence-electron chi connectivity index (χ4n) is 2.83. The Balaban J connectivity index is 1.76. The average molecular weight is 355 g/mol.